The average Bonchev–Trinajstić information content (AvgIpc) is 2.61. The van der Waals surface area contributed by atoms with Gasteiger partial charge in [0, 0.05) is 32.2 Å². The van der Waals surface area contributed by atoms with E-state index in [0.29, 0.717) is 31.7 Å². The quantitative estimate of drug-likeness (QED) is 0.839. The van der Waals surface area contributed by atoms with Gasteiger partial charge in [-0.2, -0.15) is 4.31 Å². The van der Waals surface area contributed by atoms with E-state index in [-0.39, 0.29) is 10.9 Å². The SMILES string of the molecule is Cc1cc(F)ccc1S(=O)(=O)N1CCN(C(C)c2ccccc2)CC1. The first-order valence-corrected chi connectivity index (χ1v) is 9.89. The van der Waals surface area contributed by atoms with Crippen LogP contribution in [0.5, 0.6) is 0 Å². The molecule has 2 aromatic carbocycles. The first-order chi connectivity index (χ1) is 11.9. The third kappa shape index (κ3) is 3.76. The van der Waals surface area contributed by atoms with Crippen LogP contribution in [0.2, 0.25) is 0 Å². The molecule has 0 N–H and O–H groups in total. The Bertz CT molecular complexity index is 832. The second kappa shape index (κ2) is 7.23. The zero-order valence-corrected chi connectivity index (χ0v) is 15.3. The minimum Gasteiger partial charge on any atom is -0.294 e. The number of hydrogen-bond acceptors (Lipinski definition) is 3. The molecule has 0 amide bonds. The number of benzene rings is 2. The van der Waals surface area contributed by atoms with Crippen LogP contribution in [0.1, 0.15) is 24.1 Å². The summed E-state index contributed by atoms with van der Waals surface area (Å²) < 4.78 is 40.5. The van der Waals surface area contributed by atoms with Crippen LogP contribution in [0.25, 0.3) is 0 Å². The molecule has 0 aliphatic carbocycles. The molecule has 4 nitrogen and oxygen atoms in total. The lowest BCUT2D eigenvalue weighted by atomic mass is 10.1. The average molecular weight is 362 g/mol. The van der Waals surface area contributed by atoms with Crippen LogP contribution >= 0.6 is 0 Å². The highest BCUT2D eigenvalue weighted by atomic mass is 32.2. The zero-order chi connectivity index (χ0) is 18.0. The Labute approximate surface area is 148 Å². The van der Waals surface area contributed by atoms with Crippen molar-refractivity contribution in [2.75, 3.05) is 26.2 Å². The summed E-state index contributed by atoms with van der Waals surface area (Å²) in [6.45, 7) is 6.00. The number of nitrogens with zero attached hydrogens (tertiary/aromatic N) is 2. The summed E-state index contributed by atoms with van der Waals surface area (Å²) in [5.74, 6) is -0.419. The number of rotatable bonds is 4. The molecular formula is C19H23FN2O2S. The van der Waals surface area contributed by atoms with Crippen LogP contribution in [-0.2, 0) is 10.0 Å². The van der Waals surface area contributed by atoms with Crippen molar-refractivity contribution in [2.45, 2.75) is 24.8 Å². The van der Waals surface area contributed by atoms with Gasteiger partial charge in [-0.05, 0) is 43.2 Å². The first kappa shape index (κ1) is 18.0. The summed E-state index contributed by atoms with van der Waals surface area (Å²) in [7, 11) is -3.58. The molecule has 1 fully saturated rings. The molecular weight excluding hydrogens is 339 g/mol. The molecule has 1 aliphatic rings. The third-order valence-corrected chi connectivity index (χ3v) is 6.92. The van der Waals surface area contributed by atoms with E-state index in [0.717, 1.165) is 0 Å². The molecule has 6 heteroatoms. The van der Waals surface area contributed by atoms with Crippen LogP contribution in [0.4, 0.5) is 4.39 Å². The van der Waals surface area contributed by atoms with Gasteiger partial charge in [-0.15, -0.1) is 0 Å². The number of piperazine rings is 1. The molecule has 0 aromatic heterocycles. The monoisotopic (exact) mass is 362 g/mol. The topological polar surface area (TPSA) is 40.6 Å². The summed E-state index contributed by atoms with van der Waals surface area (Å²) in [5, 5.41) is 0. The van der Waals surface area contributed by atoms with Crippen LogP contribution < -0.4 is 0 Å². The van der Waals surface area contributed by atoms with E-state index >= 15 is 0 Å². The van der Waals surface area contributed by atoms with Gasteiger partial charge in [0.15, 0.2) is 0 Å². The number of aryl methyl sites for hydroxylation is 1. The lowest BCUT2D eigenvalue weighted by Gasteiger charge is -2.37. The Balaban J connectivity index is 1.71. The predicted molar refractivity (Wildman–Crippen MR) is 96.3 cm³/mol. The summed E-state index contributed by atoms with van der Waals surface area (Å²) in [6.07, 6.45) is 0. The molecule has 134 valence electrons. The minimum atomic E-state index is -3.58. The van der Waals surface area contributed by atoms with Gasteiger partial charge >= 0.3 is 0 Å². The van der Waals surface area contributed by atoms with Crippen molar-refractivity contribution in [2.24, 2.45) is 0 Å². The molecule has 1 saturated heterocycles. The lowest BCUT2D eigenvalue weighted by molar-refractivity contribution is 0.146. The van der Waals surface area contributed by atoms with E-state index < -0.39 is 15.8 Å². The molecule has 1 heterocycles. The van der Waals surface area contributed by atoms with Crippen molar-refractivity contribution in [3.05, 3.63) is 65.5 Å². The van der Waals surface area contributed by atoms with Crippen molar-refractivity contribution in [1.82, 2.24) is 9.21 Å². The molecule has 25 heavy (non-hydrogen) atoms. The molecule has 1 unspecified atom stereocenters. The van der Waals surface area contributed by atoms with Crippen molar-refractivity contribution < 1.29 is 12.8 Å². The lowest BCUT2D eigenvalue weighted by Crippen LogP contribution is -2.49. The molecule has 0 bridgehead atoms. The zero-order valence-electron chi connectivity index (χ0n) is 14.5. The Morgan fingerprint density at radius 2 is 1.64 bits per heavy atom. The maximum Gasteiger partial charge on any atom is 0.243 e. The summed E-state index contributed by atoms with van der Waals surface area (Å²) in [5.41, 5.74) is 1.67. The van der Waals surface area contributed by atoms with Gasteiger partial charge in [-0.25, -0.2) is 12.8 Å². The normalized spacial score (nSPS) is 18.2. The van der Waals surface area contributed by atoms with Crippen molar-refractivity contribution in [3.63, 3.8) is 0 Å². The van der Waals surface area contributed by atoms with Gasteiger partial charge in [-0.1, -0.05) is 30.3 Å². The number of sulfonamides is 1. The van der Waals surface area contributed by atoms with E-state index in [2.05, 4.69) is 24.0 Å². The van der Waals surface area contributed by atoms with E-state index in [9.17, 15) is 12.8 Å². The maximum absolute atomic E-state index is 13.3. The fraction of sp³-hybridized carbons (Fsp3) is 0.368. The smallest absolute Gasteiger partial charge is 0.243 e. The fourth-order valence-corrected chi connectivity index (χ4v) is 4.94. The van der Waals surface area contributed by atoms with Gasteiger partial charge in [0.2, 0.25) is 10.0 Å². The molecule has 0 radical (unpaired) electrons. The van der Waals surface area contributed by atoms with Gasteiger partial charge in [-0.3, -0.25) is 4.90 Å². The van der Waals surface area contributed by atoms with Gasteiger partial charge < -0.3 is 0 Å². The van der Waals surface area contributed by atoms with Crippen molar-refractivity contribution in [1.29, 1.82) is 0 Å². The Kier molecular flexibility index (Phi) is 5.22. The van der Waals surface area contributed by atoms with E-state index in [1.165, 1.54) is 28.1 Å². The highest BCUT2D eigenvalue weighted by molar-refractivity contribution is 7.89. The predicted octanol–water partition coefficient (Wildman–Crippen LogP) is 3.20. The molecule has 1 atom stereocenters. The molecule has 3 rings (SSSR count). The first-order valence-electron chi connectivity index (χ1n) is 8.45. The highest BCUT2D eigenvalue weighted by Gasteiger charge is 2.31. The van der Waals surface area contributed by atoms with Crippen LogP contribution in [-0.4, -0.2) is 43.8 Å². The Morgan fingerprint density at radius 3 is 2.24 bits per heavy atom. The highest BCUT2D eigenvalue weighted by Crippen LogP contribution is 2.25. The van der Waals surface area contributed by atoms with E-state index in [1.807, 2.05) is 18.2 Å². The summed E-state index contributed by atoms with van der Waals surface area (Å²) in [6, 6.07) is 14.3. The van der Waals surface area contributed by atoms with E-state index in [4.69, 9.17) is 0 Å². The fourth-order valence-electron chi connectivity index (χ4n) is 3.31. The second-order valence-electron chi connectivity index (χ2n) is 6.44. The molecule has 1 aliphatic heterocycles. The standard InChI is InChI=1S/C19H23FN2O2S/c1-15-14-18(20)8-9-19(15)25(23,24)22-12-10-21(11-13-22)16(2)17-6-4-3-5-7-17/h3-9,14,16H,10-13H2,1-2H3. The van der Waals surface area contributed by atoms with Crippen LogP contribution in [0.3, 0.4) is 0 Å². The number of halogens is 1. The second-order valence-corrected chi connectivity index (χ2v) is 8.34. The van der Waals surface area contributed by atoms with Crippen molar-refractivity contribution in [3.8, 4) is 0 Å². The third-order valence-electron chi connectivity index (χ3n) is 4.86. The Hall–Kier alpha value is -1.76. The van der Waals surface area contributed by atoms with Crippen molar-refractivity contribution >= 4 is 10.0 Å². The van der Waals surface area contributed by atoms with Gasteiger partial charge in [0.1, 0.15) is 5.82 Å². The minimum absolute atomic E-state index is 0.193. The van der Waals surface area contributed by atoms with Gasteiger partial charge in [0.25, 0.3) is 0 Å². The maximum atomic E-state index is 13.3. The summed E-state index contributed by atoms with van der Waals surface area (Å²) >= 11 is 0. The van der Waals surface area contributed by atoms with Gasteiger partial charge in [0.05, 0.1) is 4.90 Å². The van der Waals surface area contributed by atoms with E-state index in [1.54, 1.807) is 6.92 Å². The van der Waals surface area contributed by atoms with Crippen LogP contribution in [0.15, 0.2) is 53.4 Å². The number of hydrogen-bond donors (Lipinski definition) is 0. The Morgan fingerprint density at radius 1 is 1.00 bits per heavy atom. The molecule has 0 spiro atoms. The molecule has 2 aromatic rings. The largest absolute Gasteiger partial charge is 0.294 e. The molecule has 0 saturated carbocycles. The van der Waals surface area contributed by atoms with Crippen LogP contribution in [0, 0.1) is 12.7 Å². The summed E-state index contributed by atoms with van der Waals surface area (Å²) in [4.78, 5) is 2.48.